The number of rotatable bonds is 3. The molecule has 1 saturated carbocycles. The standard InChI is InChI=1S/C19H14ClN3O3/c1-11-8-13-2-5-14(20)9-16(13)19(21-22(11)17-10-18(17)24)12-3-6-15(7-4-12)23(25)26/h2-9,17H,10H2,1H3. The molecule has 0 N–H and O–H groups in total. The zero-order valence-corrected chi connectivity index (χ0v) is 14.6. The molecular weight excluding hydrogens is 354 g/mol. The summed E-state index contributed by atoms with van der Waals surface area (Å²) in [5.41, 5.74) is 3.98. The van der Waals surface area contributed by atoms with E-state index in [2.05, 4.69) is 0 Å². The molecule has 1 heterocycles. The SMILES string of the molecule is CC1=Cc2ccc(Cl)cc2C(c2ccc([N+](=O)[O-])cc2)=NN1C1CC1=O. The van der Waals surface area contributed by atoms with Gasteiger partial charge in [0.05, 0.1) is 10.6 Å². The minimum Gasteiger partial charge on any atom is -0.297 e. The number of fused-ring (bicyclic) bond motifs is 1. The first-order valence-electron chi connectivity index (χ1n) is 8.07. The Labute approximate surface area is 154 Å². The predicted octanol–water partition coefficient (Wildman–Crippen LogP) is 4.02. The Morgan fingerprint density at radius 2 is 1.92 bits per heavy atom. The minimum absolute atomic E-state index is 0.0119. The van der Waals surface area contributed by atoms with Crippen LogP contribution in [0.4, 0.5) is 5.69 Å². The van der Waals surface area contributed by atoms with Gasteiger partial charge in [0.1, 0.15) is 6.04 Å². The lowest BCUT2D eigenvalue weighted by molar-refractivity contribution is -0.384. The van der Waals surface area contributed by atoms with Crippen molar-refractivity contribution in [1.29, 1.82) is 0 Å². The molecule has 0 saturated heterocycles. The summed E-state index contributed by atoms with van der Waals surface area (Å²) in [5, 5.41) is 17.9. The van der Waals surface area contributed by atoms with Crippen LogP contribution in [0.3, 0.4) is 0 Å². The second-order valence-electron chi connectivity index (χ2n) is 6.30. The zero-order valence-electron chi connectivity index (χ0n) is 13.8. The van der Waals surface area contributed by atoms with Crippen LogP contribution in [0.2, 0.25) is 5.02 Å². The minimum atomic E-state index is -0.440. The third-order valence-electron chi connectivity index (χ3n) is 4.46. The first-order chi connectivity index (χ1) is 12.4. The third kappa shape index (κ3) is 2.88. The maximum absolute atomic E-state index is 11.7. The van der Waals surface area contributed by atoms with E-state index in [4.69, 9.17) is 16.7 Å². The lowest BCUT2D eigenvalue weighted by atomic mass is 9.97. The van der Waals surface area contributed by atoms with Crippen molar-refractivity contribution in [3.8, 4) is 0 Å². The molecule has 130 valence electrons. The first-order valence-corrected chi connectivity index (χ1v) is 8.45. The van der Waals surface area contributed by atoms with Crippen LogP contribution in [-0.2, 0) is 4.79 Å². The molecule has 0 aromatic heterocycles. The van der Waals surface area contributed by atoms with Crippen molar-refractivity contribution >= 4 is 34.9 Å². The number of allylic oxidation sites excluding steroid dienone is 1. The number of hydrogen-bond acceptors (Lipinski definition) is 5. The average Bonchev–Trinajstić information content (AvgIpc) is 3.35. The highest BCUT2D eigenvalue weighted by Crippen LogP contribution is 2.33. The van der Waals surface area contributed by atoms with E-state index < -0.39 is 4.92 Å². The molecule has 0 amide bonds. The second-order valence-corrected chi connectivity index (χ2v) is 6.74. The van der Waals surface area contributed by atoms with E-state index in [1.54, 1.807) is 23.2 Å². The van der Waals surface area contributed by atoms with Gasteiger partial charge >= 0.3 is 0 Å². The Morgan fingerprint density at radius 3 is 2.54 bits per heavy atom. The van der Waals surface area contributed by atoms with Crippen LogP contribution in [0.5, 0.6) is 0 Å². The number of hydrogen-bond donors (Lipinski definition) is 0. The van der Waals surface area contributed by atoms with Crippen LogP contribution in [-0.4, -0.2) is 27.5 Å². The predicted molar refractivity (Wildman–Crippen MR) is 99.1 cm³/mol. The maximum atomic E-state index is 11.7. The van der Waals surface area contributed by atoms with Crippen molar-refractivity contribution in [2.24, 2.45) is 5.10 Å². The monoisotopic (exact) mass is 367 g/mol. The fourth-order valence-corrected chi connectivity index (χ4v) is 3.19. The maximum Gasteiger partial charge on any atom is 0.269 e. The van der Waals surface area contributed by atoms with Gasteiger partial charge in [-0.05, 0) is 42.8 Å². The molecule has 1 atom stereocenters. The van der Waals surface area contributed by atoms with E-state index in [0.29, 0.717) is 17.2 Å². The van der Waals surface area contributed by atoms with Crippen molar-refractivity contribution in [1.82, 2.24) is 5.01 Å². The Hall–Kier alpha value is -2.99. The van der Waals surface area contributed by atoms with E-state index in [-0.39, 0.29) is 17.5 Å². The zero-order chi connectivity index (χ0) is 18.4. The number of halogens is 1. The third-order valence-corrected chi connectivity index (χ3v) is 4.69. The molecule has 0 radical (unpaired) electrons. The quantitative estimate of drug-likeness (QED) is 0.606. The molecule has 4 rings (SSSR count). The lowest BCUT2D eigenvalue weighted by Crippen LogP contribution is -2.21. The molecule has 2 aliphatic rings. The van der Waals surface area contributed by atoms with Crippen LogP contribution >= 0.6 is 11.6 Å². The van der Waals surface area contributed by atoms with Gasteiger partial charge in [-0.2, -0.15) is 5.10 Å². The van der Waals surface area contributed by atoms with Crippen molar-refractivity contribution in [3.05, 3.63) is 80.0 Å². The van der Waals surface area contributed by atoms with Gasteiger partial charge < -0.3 is 0 Å². The average molecular weight is 368 g/mol. The Bertz CT molecular complexity index is 996. The number of benzene rings is 2. The number of Topliss-reactive ketones (excluding diaryl/α,β-unsaturated/α-hetero) is 1. The van der Waals surface area contributed by atoms with Gasteiger partial charge in [0.25, 0.3) is 5.69 Å². The summed E-state index contributed by atoms with van der Waals surface area (Å²) in [6.45, 7) is 1.91. The molecule has 2 aromatic rings. The van der Waals surface area contributed by atoms with Gasteiger partial charge in [-0.15, -0.1) is 0 Å². The van der Waals surface area contributed by atoms with Crippen molar-refractivity contribution in [3.63, 3.8) is 0 Å². The first kappa shape index (κ1) is 16.5. The molecule has 1 unspecified atom stereocenters. The summed E-state index contributed by atoms with van der Waals surface area (Å²) >= 11 is 6.19. The van der Waals surface area contributed by atoms with E-state index in [1.807, 2.05) is 25.1 Å². The number of non-ortho nitro benzene ring substituents is 1. The summed E-state index contributed by atoms with van der Waals surface area (Å²) in [5.74, 6) is 0.147. The molecule has 6 nitrogen and oxygen atoms in total. The van der Waals surface area contributed by atoms with Crippen molar-refractivity contribution in [2.45, 2.75) is 19.4 Å². The fourth-order valence-electron chi connectivity index (χ4n) is 3.02. The van der Waals surface area contributed by atoms with Crippen LogP contribution in [0, 0.1) is 10.1 Å². The highest BCUT2D eigenvalue weighted by molar-refractivity contribution is 6.31. The van der Waals surface area contributed by atoms with Crippen LogP contribution in [0.1, 0.15) is 30.0 Å². The van der Waals surface area contributed by atoms with E-state index in [1.165, 1.54) is 12.1 Å². The summed E-state index contributed by atoms with van der Waals surface area (Å²) in [6, 6.07) is 11.5. The number of nitrogens with zero attached hydrogens (tertiary/aromatic N) is 3. The smallest absolute Gasteiger partial charge is 0.269 e. The van der Waals surface area contributed by atoms with Gasteiger partial charge in [-0.1, -0.05) is 17.7 Å². The normalized spacial score (nSPS) is 18.6. The van der Waals surface area contributed by atoms with Crippen molar-refractivity contribution in [2.75, 3.05) is 0 Å². The van der Waals surface area contributed by atoms with E-state index >= 15 is 0 Å². The van der Waals surface area contributed by atoms with Crippen LogP contribution in [0.25, 0.3) is 6.08 Å². The molecule has 1 fully saturated rings. The molecule has 1 aliphatic heterocycles. The number of ketones is 1. The molecule has 2 aromatic carbocycles. The Kier molecular flexibility index (Phi) is 3.85. The Balaban J connectivity index is 1.88. The topological polar surface area (TPSA) is 75.8 Å². The number of carbonyl (C=O) groups excluding carboxylic acids is 1. The number of hydrazone groups is 1. The highest BCUT2D eigenvalue weighted by Gasteiger charge is 2.41. The summed E-state index contributed by atoms with van der Waals surface area (Å²) in [7, 11) is 0. The largest absolute Gasteiger partial charge is 0.297 e. The van der Waals surface area contributed by atoms with Gasteiger partial charge in [0, 0.05) is 40.4 Å². The number of nitro groups is 1. The molecular formula is C19H14ClN3O3. The van der Waals surface area contributed by atoms with Crippen LogP contribution < -0.4 is 0 Å². The van der Waals surface area contributed by atoms with E-state index in [9.17, 15) is 14.9 Å². The summed E-state index contributed by atoms with van der Waals surface area (Å²) in [6.07, 6.45) is 2.44. The number of carbonyl (C=O) groups is 1. The fraction of sp³-hybridized carbons (Fsp3) is 0.158. The highest BCUT2D eigenvalue weighted by atomic mass is 35.5. The van der Waals surface area contributed by atoms with Crippen LogP contribution in [0.15, 0.2) is 53.3 Å². The Morgan fingerprint density at radius 1 is 1.23 bits per heavy atom. The molecule has 7 heteroatoms. The van der Waals surface area contributed by atoms with Gasteiger partial charge in [0.15, 0.2) is 5.78 Å². The molecule has 1 aliphatic carbocycles. The van der Waals surface area contributed by atoms with Gasteiger partial charge in [0.2, 0.25) is 0 Å². The molecule has 0 bridgehead atoms. The van der Waals surface area contributed by atoms with Gasteiger partial charge in [-0.3, -0.25) is 19.9 Å². The number of nitro benzene ring substituents is 1. The van der Waals surface area contributed by atoms with Gasteiger partial charge in [-0.25, -0.2) is 0 Å². The molecule has 0 spiro atoms. The second kappa shape index (κ2) is 6.07. The summed E-state index contributed by atoms with van der Waals surface area (Å²) < 4.78 is 0. The van der Waals surface area contributed by atoms with E-state index in [0.717, 1.165) is 22.4 Å². The van der Waals surface area contributed by atoms with Crippen molar-refractivity contribution < 1.29 is 9.72 Å². The molecule has 26 heavy (non-hydrogen) atoms. The summed E-state index contributed by atoms with van der Waals surface area (Å²) in [4.78, 5) is 22.2. The lowest BCUT2D eigenvalue weighted by Gasteiger charge is -2.18.